The van der Waals surface area contributed by atoms with Crippen molar-refractivity contribution in [1.82, 2.24) is 9.21 Å². The minimum absolute atomic E-state index is 0.191. The van der Waals surface area contributed by atoms with Gasteiger partial charge < -0.3 is 14.4 Å². The number of para-hydroxylation sites is 1. The van der Waals surface area contributed by atoms with Crippen molar-refractivity contribution in [3.05, 3.63) is 23.8 Å². The first-order valence-corrected chi connectivity index (χ1v) is 8.68. The highest BCUT2D eigenvalue weighted by Crippen LogP contribution is 2.31. The molecule has 0 aliphatic carbocycles. The summed E-state index contributed by atoms with van der Waals surface area (Å²) in [7, 11) is -0.219. The van der Waals surface area contributed by atoms with E-state index in [1.165, 1.54) is 24.8 Å². The Morgan fingerprint density at radius 3 is 2.23 bits per heavy atom. The van der Waals surface area contributed by atoms with Crippen LogP contribution in [0.25, 0.3) is 0 Å². The molecule has 1 aliphatic rings. The number of hydrogen-bond acceptors (Lipinski definition) is 5. The third kappa shape index (κ3) is 3.33. The third-order valence-corrected chi connectivity index (χ3v) is 4.93. The minimum atomic E-state index is -3.21. The van der Waals surface area contributed by atoms with Crippen molar-refractivity contribution in [2.75, 3.05) is 46.7 Å². The number of methoxy groups -OCH3 is 2. The number of amides is 1. The SMILES string of the molecule is COc1cccc(C(=O)N2CCN(S(C)(=O)=O)CC2)c1OC. The number of carbonyl (C=O) groups excluding carboxylic acids is 1. The van der Waals surface area contributed by atoms with Crippen LogP contribution in [0, 0.1) is 0 Å². The van der Waals surface area contributed by atoms with Crippen LogP contribution in [0.3, 0.4) is 0 Å². The zero-order valence-electron chi connectivity index (χ0n) is 12.9. The summed E-state index contributed by atoms with van der Waals surface area (Å²) >= 11 is 0. The van der Waals surface area contributed by atoms with Gasteiger partial charge in [-0.1, -0.05) is 6.07 Å². The molecule has 1 aromatic rings. The Labute approximate surface area is 130 Å². The lowest BCUT2D eigenvalue weighted by Gasteiger charge is -2.33. The molecule has 1 aromatic carbocycles. The molecule has 1 fully saturated rings. The Bertz CT molecular complexity index is 651. The molecule has 0 saturated carbocycles. The topological polar surface area (TPSA) is 76.2 Å². The maximum atomic E-state index is 12.6. The second-order valence-corrected chi connectivity index (χ2v) is 6.98. The van der Waals surface area contributed by atoms with E-state index in [4.69, 9.17) is 9.47 Å². The van der Waals surface area contributed by atoms with Gasteiger partial charge in [0.2, 0.25) is 10.0 Å². The second-order valence-electron chi connectivity index (χ2n) is 5.00. The molecule has 1 saturated heterocycles. The lowest BCUT2D eigenvalue weighted by molar-refractivity contribution is 0.0694. The molecule has 1 heterocycles. The minimum Gasteiger partial charge on any atom is -0.493 e. The highest BCUT2D eigenvalue weighted by atomic mass is 32.2. The molecule has 2 rings (SSSR count). The maximum Gasteiger partial charge on any atom is 0.257 e. The first-order valence-electron chi connectivity index (χ1n) is 6.84. The molecule has 0 spiro atoms. The molecule has 7 nitrogen and oxygen atoms in total. The number of benzene rings is 1. The van der Waals surface area contributed by atoms with E-state index in [0.29, 0.717) is 43.2 Å². The van der Waals surface area contributed by atoms with Gasteiger partial charge in [-0.05, 0) is 12.1 Å². The number of carbonyl (C=O) groups is 1. The van der Waals surface area contributed by atoms with Crippen LogP contribution < -0.4 is 9.47 Å². The van der Waals surface area contributed by atoms with Crippen LogP contribution in [0.4, 0.5) is 0 Å². The molecule has 0 atom stereocenters. The van der Waals surface area contributed by atoms with Crippen molar-refractivity contribution in [3.63, 3.8) is 0 Å². The largest absolute Gasteiger partial charge is 0.493 e. The van der Waals surface area contributed by atoms with Gasteiger partial charge in [0.1, 0.15) is 0 Å². The average molecular weight is 328 g/mol. The molecule has 122 valence electrons. The van der Waals surface area contributed by atoms with Crippen LogP contribution >= 0.6 is 0 Å². The van der Waals surface area contributed by atoms with Crippen molar-refractivity contribution in [3.8, 4) is 11.5 Å². The average Bonchev–Trinajstić information content (AvgIpc) is 2.52. The number of nitrogens with zero attached hydrogens (tertiary/aromatic N) is 2. The molecular weight excluding hydrogens is 308 g/mol. The van der Waals surface area contributed by atoms with Gasteiger partial charge in [0.25, 0.3) is 5.91 Å². The van der Waals surface area contributed by atoms with Crippen molar-refractivity contribution < 1.29 is 22.7 Å². The predicted octanol–water partition coefficient (Wildman–Crippen LogP) is 0.421. The second kappa shape index (κ2) is 6.53. The molecule has 0 aromatic heterocycles. The lowest BCUT2D eigenvalue weighted by Crippen LogP contribution is -2.50. The quantitative estimate of drug-likeness (QED) is 0.801. The van der Waals surface area contributed by atoms with Crippen molar-refractivity contribution >= 4 is 15.9 Å². The fourth-order valence-corrected chi connectivity index (χ4v) is 3.28. The van der Waals surface area contributed by atoms with Crippen LogP contribution in [-0.4, -0.2) is 70.2 Å². The monoisotopic (exact) mass is 328 g/mol. The molecule has 22 heavy (non-hydrogen) atoms. The summed E-state index contributed by atoms with van der Waals surface area (Å²) in [6.07, 6.45) is 1.18. The zero-order valence-corrected chi connectivity index (χ0v) is 13.7. The van der Waals surface area contributed by atoms with Crippen LogP contribution in [0.5, 0.6) is 11.5 Å². The standard InChI is InChI=1S/C14H20N2O5S/c1-20-12-6-4-5-11(13(12)21-2)14(17)15-7-9-16(10-8-15)22(3,18)19/h4-6H,7-10H2,1-3H3. The molecule has 1 amide bonds. The van der Waals surface area contributed by atoms with Crippen LogP contribution in [0.2, 0.25) is 0 Å². The number of piperazine rings is 1. The number of rotatable bonds is 4. The lowest BCUT2D eigenvalue weighted by atomic mass is 10.1. The smallest absolute Gasteiger partial charge is 0.257 e. The van der Waals surface area contributed by atoms with Gasteiger partial charge in [-0.25, -0.2) is 8.42 Å². The van der Waals surface area contributed by atoms with E-state index in [0.717, 1.165) is 0 Å². The van der Waals surface area contributed by atoms with Crippen molar-refractivity contribution in [1.29, 1.82) is 0 Å². The van der Waals surface area contributed by atoms with E-state index in [1.54, 1.807) is 23.1 Å². The van der Waals surface area contributed by atoms with Gasteiger partial charge in [0.15, 0.2) is 11.5 Å². The fraction of sp³-hybridized carbons (Fsp3) is 0.500. The molecule has 0 N–H and O–H groups in total. The van der Waals surface area contributed by atoms with E-state index in [2.05, 4.69) is 0 Å². The first-order chi connectivity index (χ1) is 10.4. The van der Waals surface area contributed by atoms with Gasteiger partial charge in [-0.15, -0.1) is 0 Å². The van der Waals surface area contributed by atoms with Crippen LogP contribution in [0.1, 0.15) is 10.4 Å². The highest BCUT2D eigenvalue weighted by Gasteiger charge is 2.28. The summed E-state index contributed by atoms with van der Waals surface area (Å²) in [5.41, 5.74) is 0.412. The normalized spacial score (nSPS) is 16.4. The van der Waals surface area contributed by atoms with Crippen molar-refractivity contribution in [2.24, 2.45) is 0 Å². The summed E-state index contributed by atoms with van der Waals surface area (Å²) in [4.78, 5) is 14.3. The molecule has 1 aliphatic heterocycles. The van der Waals surface area contributed by atoms with E-state index < -0.39 is 10.0 Å². The van der Waals surface area contributed by atoms with Crippen molar-refractivity contribution in [2.45, 2.75) is 0 Å². The molecular formula is C14H20N2O5S. The van der Waals surface area contributed by atoms with Gasteiger partial charge in [-0.3, -0.25) is 4.79 Å². The maximum absolute atomic E-state index is 12.6. The molecule has 8 heteroatoms. The van der Waals surface area contributed by atoms with Gasteiger partial charge in [0, 0.05) is 26.2 Å². The van der Waals surface area contributed by atoms with Crippen LogP contribution in [0.15, 0.2) is 18.2 Å². The summed E-state index contributed by atoms with van der Waals surface area (Å²) < 4.78 is 34.8. The molecule has 0 radical (unpaired) electrons. The fourth-order valence-electron chi connectivity index (χ4n) is 2.45. The van der Waals surface area contributed by atoms with Gasteiger partial charge in [0.05, 0.1) is 26.0 Å². The van der Waals surface area contributed by atoms with E-state index in [1.807, 2.05) is 0 Å². The Morgan fingerprint density at radius 2 is 1.73 bits per heavy atom. The van der Waals surface area contributed by atoms with E-state index in [9.17, 15) is 13.2 Å². The Kier molecular flexibility index (Phi) is 4.92. The highest BCUT2D eigenvalue weighted by molar-refractivity contribution is 7.88. The van der Waals surface area contributed by atoms with Gasteiger partial charge in [-0.2, -0.15) is 4.31 Å². The predicted molar refractivity (Wildman–Crippen MR) is 81.9 cm³/mol. The zero-order chi connectivity index (χ0) is 16.3. The van der Waals surface area contributed by atoms with E-state index in [-0.39, 0.29) is 5.91 Å². The third-order valence-electron chi connectivity index (χ3n) is 3.63. The van der Waals surface area contributed by atoms with Crippen LogP contribution in [-0.2, 0) is 10.0 Å². The summed E-state index contributed by atoms with van der Waals surface area (Å²) in [6, 6.07) is 5.12. The Hall–Kier alpha value is -1.80. The van der Waals surface area contributed by atoms with Gasteiger partial charge >= 0.3 is 0 Å². The Balaban J connectivity index is 2.17. The summed E-state index contributed by atoms with van der Waals surface area (Å²) in [5.74, 6) is 0.688. The Morgan fingerprint density at radius 1 is 1.09 bits per heavy atom. The summed E-state index contributed by atoms with van der Waals surface area (Å²) in [6.45, 7) is 1.31. The number of ether oxygens (including phenoxy) is 2. The van der Waals surface area contributed by atoms with E-state index >= 15 is 0 Å². The molecule has 0 unspecified atom stereocenters. The summed E-state index contributed by atoms with van der Waals surface area (Å²) in [5, 5.41) is 0. The first kappa shape index (κ1) is 16.6. The number of sulfonamides is 1. The molecule has 0 bridgehead atoms. The number of hydrogen-bond donors (Lipinski definition) is 0.